The van der Waals surface area contributed by atoms with E-state index in [9.17, 15) is 0 Å². The molecule has 0 aliphatic carbocycles. The summed E-state index contributed by atoms with van der Waals surface area (Å²) in [5.41, 5.74) is 2.26. The van der Waals surface area contributed by atoms with Crippen LogP contribution in [0.2, 0.25) is 0 Å². The van der Waals surface area contributed by atoms with Crippen LogP contribution in [-0.4, -0.2) is 45.9 Å². The van der Waals surface area contributed by atoms with Gasteiger partial charge in [0, 0.05) is 13.1 Å². The molecule has 0 amide bonds. The molecule has 0 radical (unpaired) electrons. The molecule has 0 atom stereocenters. The topological polar surface area (TPSA) is 32.3 Å². The first-order chi connectivity index (χ1) is 13.3. The van der Waals surface area contributed by atoms with E-state index in [-0.39, 0.29) is 0 Å². The van der Waals surface area contributed by atoms with Gasteiger partial charge < -0.3 is 0 Å². The maximum absolute atomic E-state index is 4.80. The van der Waals surface area contributed by atoms with Crippen LogP contribution in [0, 0.1) is 0 Å². The summed E-state index contributed by atoms with van der Waals surface area (Å²) in [5.74, 6) is 0. The van der Waals surface area contributed by atoms with Gasteiger partial charge in [-0.2, -0.15) is 0 Å². The highest BCUT2D eigenvalue weighted by Crippen LogP contribution is 2.24. The van der Waals surface area contributed by atoms with Crippen LogP contribution in [0.5, 0.6) is 0 Å². The van der Waals surface area contributed by atoms with Crippen LogP contribution < -0.4 is 0 Å². The van der Waals surface area contributed by atoms with E-state index in [1.807, 2.05) is 22.7 Å². The van der Waals surface area contributed by atoms with Crippen molar-refractivity contribution in [3.63, 3.8) is 0 Å². The molecule has 1 saturated heterocycles. The molecule has 0 saturated carbocycles. The predicted octanol–water partition coefficient (Wildman–Crippen LogP) is 4.61. The summed E-state index contributed by atoms with van der Waals surface area (Å²) in [7, 11) is 0. The summed E-state index contributed by atoms with van der Waals surface area (Å²) in [6, 6.07) is 16.9. The molecule has 1 fully saturated rings. The molecule has 6 heteroatoms. The maximum atomic E-state index is 4.80. The zero-order valence-corrected chi connectivity index (χ0v) is 16.8. The second-order valence-corrected chi connectivity index (χ2v) is 9.29. The summed E-state index contributed by atoms with van der Waals surface area (Å²) >= 11 is 3.66. The first-order valence-corrected chi connectivity index (χ1v) is 11.1. The van der Waals surface area contributed by atoms with Crippen molar-refractivity contribution in [3.8, 4) is 0 Å². The Bertz CT molecular complexity index is 904. The molecule has 2 aromatic heterocycles. The number of hydrogen-bond donors (Lipinski definition) is 0. The maximum Gasteiger partial charge on any atom is 0.108 e. The van der Waals surface area contributed by atoms with Gasteiger partial charge in [0.2, 0.25) is 0 Å². The van der Waals surface area contributed by atoms with Crippen LogP contribution in [0.15, 0.2) is 48.5 Å². The van der Waals surface area contributed by atoms with Crippen molar-refractivity contribution >= 4 is 43.1 Å². The van der Waals surface area contributed by atoms with Gasteiger partial charge in [-0.25, -0.2) is 9.97 Å². The van der Waals surface area contributed by atoms with Crippen LogP contribution >= 0.6 is 22.7 Å². The van der Waals surface area contributed by atoms with Crippen molar-refractivity contribution in [1.82, 2.24) is 19.8 Å². The Labute approximate surface area is 167 Å². The molecule has 0 bridgehead atoms. The molecule has 0 N–H and O–H groups in total. The smallest absolute Gasteiger partial charge is 0.108 e. The standard InChI is InChI=1S/C21H22N4S2/c1-3-8-18-16(6-1)22-20(26-18)14-24-10-5-11-25(13-12-24)15-21-23-17-7-2-4-9-19(17)27-21/h1-4,6-9H,5,10-15H2. The fraction of sp³-hybridized carbons (Fsp3) is 0.333. The lowest BCUT2D eigenvalue weighted by molar-refractivity contribution is 0.247. The van der Waals surface area contributed by atoms with Gasteiger partial charge in [0.25, 0.3) is 0 Å². The number of para-hydroxylation sites is 2. The largest absolute Gasteiger partial charge is 0.295 e. The van der Waals surface area contributed by atoms with E-state index in [2.05, 4.69) is 58.3 Å². The summed E-state index contributed by atoms with van der Waals surface area (Å²) in [5, 5.41) is 2.46. The van der Waals surface area contributed by atoms with Crippen molar-refractivity contribution in [1.29, 1.82) is 0 Å². The molecule has 138 valence electrons. The van der Waals surface area contributed by atoms with E-state index in [4.69, 9.17) is 9.97 Å². The number of benzene rings is 2. The van der Waals surface area contributed by atoms with E-state index in [0.29, 0.717) is 0 Å². The van der Waals surface area contributed by atoms with Crippen LogP contribution in [0.3, 0.4) is 0 Å². The molecule has 27 heavy (non-hydrogen) atoms. The molecular weight excluding hydrogens is 372 g/mol. The molecular formula is C21H22N4S2. The van der Waals surface area contributed by atoms with Gasteiger partial charge in [-0.3, -0.25) is 9.80 Å². The SMILES string of the molecule is c1ccc2sc(CN3CCCN(Cc4nc5ccccc5s4)CC3)nc2c1. The number of thiazole rings is 2. The van der Waals surface area contributed by atoms with Crippen molar-refractivity contribution in [2.45, 2.75) is 19.5 Å². The Kier molecular flexibility index (Phi) is 4.88. The molecule has 0 unspecified atom stereocenters. The second kappa shape index (κ2) is 7.64. The van der Waals surface area contributed by atoms with Crippen LogP contribution in [-0.2, 0) is 13.1 Å². The van der Waals surface area contributed by atoms with Gasteiger partial charge in [0.05, 0.1) is 33.5 Å². The highest BCUT2D eigenvalue weighted by atomic mass is 32.1. The fourth-order valence-electron chi connectivity index (χ4n) is 3.70. The van der Waals surface area contributed by atoms with Crippen LogP contribution in [0.25, 0.3) is 20.4 Å². The monoisotopic (exact) mass is 394 g/mol. The molecule has 4 aromatic rings. The number of aromatic nitrogens is 2. The lowest BCUT2D eigenvalue weighted by Gasteiger charge is -2.20. The zero-order valence-electron chi connectivity index (χ0n) is 15.2. The molecule has 5 rings (SSSR count). The van der Waals surface area contributed by atoms with Crippen molar-refractivity contribution in [2.75, 3.05) is 26.2 Å². The normalized spacial score (nSPS) is 16.9. The quantitative estimate of drug-likeness (QED) is 0.506. The highest BCUT2D eigenvalue weighted by Gasteiger charge is 2.17. The third-order valence-corrected chi connectivity index (χ3v) is 7.12. The number of fused-ring (bicyclic) bond motifs is 2. The molecule has 1 aliphatic heterocycles. The summed E-state index contributed by atoms with van der Waals surface area (Å²) in [6.07, 6.45) is 1.20. The van der Waals surface area contributed by atoms with Crippen LogP contribution in [0.1, 0.15) is 16.4 Å². The minimum absolute atomic E-state index is 0.967. The van der Waals surface area contributed by atoms with E-state index < -0.39 is 0 Å². The molecule has 4 nitrogen and oxygen atoms in total. The Morgan fingerprint density at radius 2 is 1.15 bits per heavy atom. The van der Waals surface area contributed by atoms with Crippen molar-refractivity contribution in [2.24, 2.45) is 0 Å². The Morgan fingerprint density at radius 3 is 1.63 bits per heavy atom. The summed E-state index contributed by atoms with van der Waals surface area (Å²) in [4.78, 5) is 14.7. The van der Waals surface area contributed by atoms with Gasteiger partial charge >= 0.3 is 0 Å². The summed E-state index contributed by atoms with van der Waals surface area (Å²) in [6.45, 7) is 6.42. The third-order valence-electron chi connectivity index (χ3n) is 5.08. The van der Waals surface area contributed by atoms with Crippen LogP contribution in [0.4, 0.5) is 0 Å². The number of rotatable bonds is 4. The third kappa shape index (κ3) is 3.89. The minimum Gasteiger partial charge on any atom is -0.295 e. The summed E-state index contributed by atoms with van der Waals surface area (Å²) < 4.78 is 2.58. The first-order valence-electron chi connectivity index (χ1n) is 9.47. The lowest BCUT2D eigenvalue weighted by Crippen LogP contribution is -2.30. The number of nitrogens with zero attached hydrogens (tertiary/aromatic N) is 4. The van der Waals surface area contributed by atoms with Gasteiger partial charge in [0.15, 0.2) is 0 Å². The Balaban J connectivity index is 1.22. The zero-order chi connectivity index (χ0) is 18.1. The van der Waals surface area contributed by atoms with E-state index >= 15 is 0 Å². The van der Waals surface area contributed by atoms with Gasteiger partial charge in [-0.05, 0) is 43.8 Å². The van der Waals surface area contributed by atoms with E-state index in [0.717, 1.165) is 50.3 Å². The molecule has 3 heterocycles. The van der Waals surface area contributed by atoms with Gasteiger partial charge in [-0.1, -0.05) is 24.3 Å². The molecule has 1 aliphatic rings. The Hall–Kier alpha value is -1.86. The van der Waals surface area contributed by atoms with Gasteiger partial charge in [-0.15, -0.1) is 22.7 Å². The molecule has 0 spiro atoms. The van der Waals surface area contributed by atoms with Crippen molar-refractivity contribution in [3.05, 3.63) is 58.5 Å². The van der Waals surface area contributed by atoms with Crippen molar-refractivity contribution < 1.29 is 0 Å². The average Bonchev–Trinajstić information content (AvgIpc) is 3.21. The molecule has 2 aromatic carbocycles. The minimum atomic E-state index is 0.967. The number of hydrogen-bond acceptors (Lipinski definition) is 6. The fourth-order valence-corrected chi connectivity index (χ4v) is 5.72. The predicted molar refractivity (Wildman–Crippen MR) is 114 cm³/mol. The van der Waals surface area contributed by atoms with Gasteiger partial charge in [0.1, 0.15) is 10.0 Å². The highest BCUT2D eigenvalue weighted by molar-refractivity contribution is 7.18. The second-order valence-electron chi connectivity index (χ2n) is 7.06. The Morgan fingerprint density at radius 1 is 0.667 bits per heavy atom. The van der Waals surface area contributed by atoms with E-state index in [1.54, 1.807) is 0 Å². The first kappa shape index (κ1) is 17.3. The van der Waals surface area contributed by atoms with E-state index in [1.165, 1.54) is 25.8 Å². The lowest BCUT2D eigenvalue weighted by atomic mass is 10.3. The average molecular weight is 395 g/mol.